The maximum Gasteiger partial charge on any atom is 0.257 e. The Bertz CT molecular complexity index is 819. The zero-order valence-corrected chi connectivity index (χ0v) is 15.8. The largest absolute Gasteiger partial charge is 0.356 e. The molecule has 27 heavy (non-hydrogen) atoms. The summed E-state index contributed by atoms with van der Waals surface area (Å²) < 4.78 is 11.5. The van der Waals surface area contributed by atoms with Crippen LogP contribution in [0.15, 0.2) is 36.5 Å². The van der Waals surface area contributed by atoms with Crippen LogP contribution in [0.4, 0.5) is 11.5 Å². The monoisotopic (exact) mass is 367 g/mol. The van der Waals surface area contributed by atoms with Crippen LogP contribution < -0.4 is 10.2 Å². The molecule has 6 nitrogen and oxygen atoms in total. The minimum absolute atomic E-state index is 0.150. The summed E-state index contributed by atoms with van der Waals surface area (Å²) in [6.07, 6.45) is 3.31. The fourth-order valence-corrected chi connectivity index (χ4v) is 3.59. The molecule has 6 heteroatoms. The number of carbonyl (C=O) groups is 1. The highest BCUT2D eigenvalue weighted by Gasteiger charge is 2.39. The van der Waals surface area contributed by atoms with Gasteiger partial charge >= 0.3 is 0 Å². The molecular weight excluding hydrogens is 342 g/mol. The smallest absolute Gasteiger partial charge is 0.257 e. The number of nitrogens with zero attached hydrogens (tertiary/aromatic N) is 2. The van der Waals surface area contributed by atoms with E-state index in [1.54, 1.807) is 6.20 Å². The molecule has 142 valence electrons. The van der Waals surface area contributed by atoms with E-state index in [0.29, 0.717) is 18.8 Å². The van der Waals surface area contributed by atoms with Crippen LogP contribution in [0.5, 0.6) is 0 Å². The first-order valence-electron chi connectivity index (χ1n) is 9.42. The molecule has 1 amide bonds. The number of piperidine rings is 1. The fourth-order valence-electron chi connectivity index (χ4n) is 3.59. The molecule has 0 radical (unpaired) electrons. The van der Waals surface area contributed by atoms with Crippen molar-refractivity contribution in [2.75, 3.05) is 36.5 Å². The van der Waals surface area contributed by atoms with Crippen LogP contribution in [0.2, 0.25) is 0 Å². The van der Waals surface area contributed by atoms with Crippen molar-refractivity contribution in [2.45, 2.75) is 32.5 Å². The predicted octanol–water partition coefficient (Wildman–Crippen LogP) is 3.29. The highest BCUT2D eigenvalue weighted by molar-refractivity contribution is 6.04. The van der Waals surface area contributed by atoms with Gasteiger partial charge in [-0.2, -0.15) is 0 Å². The van der Waals surface area contributed by atoms with Crippen LogP contribution in [-0.2, 0) is 9.47 Å². The van der Waals surface area contributed by atoms with Gasteiger partial charge in [-0.15, -0.1) is 0 Å². The number of hydrogen-bond donors (Lipinski definition) is 1. The first kappa shape index (κ1) is 17.9. The summed E-state index contributed by atoms with van der Waals surface area (Å²) in [5.74, 6) is 0.343. The number of amides is 1. The second-order valence-corrected chi connectivity index (χ2v) is 7.25. The Morgan fingerprint density at radius 1 is 1.07 bits per heavy atom. The summed E-state index contributed by atoms with van der Waals surface area (Å²) in [5.41, 5.74) is 3.70. The molecule has 0 aliphatic carbocycles. The molecule has 2 fully saturated rings. The molecule has 2 saturated heterocycles. The van der Waals surface area contributed by atoms with Crippen LogP contribution >= 0.6 is 0 Å². The Kier molecular flexibility index (Phi) is 4.85. The SMILES string of the molecule is Cc1ccc(NC(=O)c2ccc(N3CCC4(CC3)OCCO4)nc2)cc1C. The normalized spacial score (nSPS) is 18.7. The molecular formula is C21H25N3O3. The zero-order chi connectivity index (χ0) is 18.9. The zero-order valence-electron chi connectivity index (χ0n) is 15.8. The molecule has 1 aromatic carbocycles. The minimum atomic E-state index is -0.386. The minimum Gasteiger partial charge on any atom is -0.356 e. The fraction of sp³-hybridized carbons (Fsp3) is 0.429. The predicted molar refractivity (Wildman–Crippen MR) is 104 cm³/mol. The van der Waals surface area contributed by atoms with Crippen molar-refractivity contribution in [1.82, 2.24) is 4.98 Å². The Labute approximate surface area is 159 Å². The van der Waals surface area contributed by atoms with E-state index in [4.69, 9.17) is 9.47 Å². The van der Waals surface area contributed by atoms with Gasteiger partial charge in [0.15, 0.2) is 5.79 Å². The van der Waals surface area contributed by atoms with Gasteiger partial charge < -0.3 is 19.7 Å². The number of benzene rings is 1. The van der Waals surface area contributed by atoms with Crippen LogP contribution in [0.3, 0.4) is 0 Å². The topological polar surface area (TPSA) is 63.7 Å². The number of rotatable bonds is 3. The first-order chi connectivity index (χ1) is 13.0. The Balaban J connectivity index is 1.38. The van der Waals surface area contributed by atoms with Crippen molar-refractivity contribution in [1.29, 1.82) is 0 Å². The van der Waals surface area contributed by atoms with Crippen LogP contribution in [0, 0.1) is 13.8 Å². The lowest BCUT2D eigenvalue weighted by molar-refractivity contribution is -0.169. The molecule has 4 rings (SSSR count). The number of anilines is 2. The van der Waals surface area contributed by atoms with Crippen molar-refractivity contribution in [3.05, 3.63) is 53.2 Å². The Morgan fingerprint density at radius 2 is 1.81 bits per heavy atom. The standard InChI is InChI=1S/C21H25N3O3/c1-15-3-5-18(13-16(15)2)23-20(25)17-4-6-19(22-14-17)24-9-7-21(8-10-24)26-11-12-27-21/h3-6,13-14H,7-12H2,1-2H3,(H,23,25). The third kappa shape index (κ3) is 3.82. The highest BCUT2D eigenvalue weighted by atomic mass is 16.7. The lowest BCUT2D eigenvalue weighted by atomic mass is 10.0. The lowest BCUT2D eigenvalue weighted by Crippen LogP contribution is -2.45. The lowest BCUT2D eigenvalue weighted by Gasteiger charge is -2.38. The van der Waals surface area contributed by atoms with E-state index in [9.17, 15) is 4.79 Å². The van der Waals surface area contributed by atoms with Gasteiger partial charge in [0.05, 0.1) is 18.8 Å². The van der Waals surface area contributed by atoms with Gasteiger partial charge in [0.1, 0.15) is 5.82 Å². The molecule has 0 saturated carbocycles. The van der Waals surface area contributed by atoms with Gasteiger partial charge in [0.2, 0.25) is 0 Å². The van der Waals surface area contributed by atoms with E-state index in [-0.39, 0.29) is 11.7 Å². The van der Waals surface area contributed by atoms with Crippen molar-refractivity contribution in [2.24, 2.45) is 0 Å². The molecule has 2 aliphatic rings. The maximum atomic E-state index is 12.5. The number of ether oxygens (including phenoxy) is 2. The van der Waals surface area contributed by atoms with Gasteiger partial charge in [-0.3, -0.25) is 4.79 Å². The van der Waals surface area contributed by atoms with Gasteiger partial charge in [-0.05, 0) is 49.2 Å². The second kappa shape index (κ2) is 7.29. The molecule has 0 unspecified atom stereocenters. The van der Waals surface area contributed by atoms with E-state index < -0.39 is 0 Å². The van der Waals surface area contributed by atoms with Gasteiger partial charge in [-0.25, -0.2) is 4.98 Å². The number of hydrogen-bond acceptors (Lipinski definition) is 5. The van der Waals surface area contributed by atoms with E-state index in [1.165, 1.54) is 5.56 Å². The number of aryl methyl sites for hydroxylation is 2. The third-order valence-electron chi connectivity index (χ3n) is 5.44. The van der Waals surface area contributed by atoms with Gasteiger partial charge in [-0.1, -0.05) is 6.07 Å². The van der Waals surface area contributed by atoms with Crippen molar-refractivity contribution < 1.29 is 14.3 Å². The van der Waals surface area contributed by atoms with Crippen molar-refractivity contribution >= 4 is 17.4 Å². The quantitative estimate of drug-likeness (QED) is 0.902. The van der Waals surface area contributed by atoms with Crippen molar-refractivity contribution in [3.63, 3.8) is 0 Å². The molecule has 0 atom stereocenters. The summed E-state index contributed by atoms with van der Waals surface area (Å²) in [5, 5.41) is 2.93. The molecule has 0 bridgehead atoms. The van der Waals surface area contributed by atoms with E-state index in [2.05, 4.69) is 22.1 Å². The Hall–Kier alpha value is -2.44. The molecule has 1 N–H and O–H groups in total. The number of aromatic nitrogens is 1. The summed E-state index contributed by atoms with van der Waals surface area (Å²) in [6.45, 7) is 7.12. The molecule has 2 aliphatic heterocycles. The van der Waals surface area contributed by atoms with Crippen LogP contribution in [-0.4, -0.2) is 43.0 Å². The van der Waals surface area contributed by atoms with E-state index in [0.717, 1.165) is 43.0 Å². The molecule has 1 aromatic heterocycles. The molecule has 1 spiro atoms. The maximum absolute atomic E-state index is 12.5. The summed E-state index contributed by atoms with van der Waals surface area (Å²) in [4.78, 5) is 19.2. The molecule has 2 aromatic rings. The van der Waals surface area contributed by atoms with Gasteiger partial charge in [0, 0.05) is 37.8 Å². The highest BCUT2D eigenvalue weighted by Crippen LogP contribution is 2.32. The number of pyridine rings is 1. The van der Waals surface area contributed by atoms with Gasteiger partial charge in [0.25, 0.3) is 5.91 Å². The summed E-state index contributed by atoms with van der Waals surface area (Å²) in [6, 6.07) is 9.63. The first-order valence-corrected chi connectivity index (χ1v) is 9.42. The van der Waals surface area contributed by atoms with E-state index >= 15 is 0 Å². The second-order valence-electron chi connectivity index (χ2n) is 7.25. The number of carbonyl (C=O) groups excluding carboxylic acids is 1. The summed E-state index contributed by atoms with van der Waals surface area (Å²) in [7, 11) is 0. The average molecular weight is 367 g/mol. The Morgan fingerprint density at radius 3 is 2.44 bits per heavy atom. The van der Waals surface area contributed by atoms with E-state index in [1.807, 2.05) is 37.3 Å². The van der Waals surface area contributed by atoms with Crippen LogP contribution in [0.1, 0.15) is 34.3 Å². The van der Waals surface area contributed by atoms with Crippen molar-refractivity contribution in [3.8, 4) is 0 Å². The molecule has 3 heterocycles. The number of nitrogens with one attached hydrogen (secondary N) is 1. The summed E-state index contributed by atoms with van der Waals surface area (Å²) >= 11 is 0. The average Bonchev–Trinajstić information content (AvgIpc) is 3.13. The van der Waals surface area contributed by atoms with Crippen LogP contribution in [0.25, 0.3) is 0 Å². The third-order valence-corrected chi connectivity index (χ3v) is 5.44.